The Bertz CT molecular complexity index is 464. The highest BCUT2D eigenvalue weighted by Gasteiger charge is 2.24. The van der Waals surface area contributed by atoms with Crippen LogP contribution in [0, 0.1) is 6.92 Å². The lowest BCUT2D eigenvalue weighted by molar-refractivity contribution is -0.123. The summed E-state index contributed by atoms with van der Waals surface area (Å²) in [4.78, 5) is 17.8. The molecule has 118 valence electrons. The lowest BCUT2D eigenvalue weighted by atomic mass is 10.2. The van der Waals surface area contributed by atoms with Crippen LogP contribution in [0.25, 0.3) is 0 Å². The monoisotopic (exact) mass is 311 g/mol. The molecule has 1 atom stereocenters. The van der Waals surface area contributed by atoms with Crippen LogP contribution in [0.3, 0.4) is 0 Å². The van der Waals surface area contributed by atoms with Gasteiger partial charge in [-0.1, -0.05) is 0 Å². The molecule has 2 rings (SSSR count). The van der Waals surface area contributed by atoms with E-state index in [0.29, 0.717) is 19.1 Å². The van der Waals surface area contributed by atoms with Crippen molar-refractivity contribution in [2.24, 2.45) is 0 Å². The van der Waals surface area contributed by atoms with Crippen molar-refractivity contribution in [3.05, 3.63) is 21.9 Å². The number of aliphatic hydroxyl groups excluding tert-OH is 1. The van der Waals surface area contributed by atoms with Gasteiger partial charge in [0, 0.05) is 37.1 Å². The van der Waals surface area contributed by atoms with Crippen molar-refractivity contribution in [1.29, 1.82) is 0 Å². The summed E-state index contributed by atoms with van der Waals surface area (Å²) in [6.45, 7) is 8.93. The number of aryl methyl sites for hydroxylation is 1. The molecule has 1 unspecified atom stereocenters. The Balaban J connectivity index is 1.74. The molecular weight excluding hydrogens is 286 g/mol. The van der Waals surface area contributed by atoms with E-state index in [1.54, 1.807) is 11.3 Å². The minimum Gasteiger partial charge on any atom is -0.395 e. The van der Waals surface area contributed by atoms with Gasteiger partial charge in [-0.2, -0.15) is 0 Å². The third-order valence-corrected chi connectivity index (χ3v) is 5.05. The van der Waals surface area contributed by atoms with Crippen LogP contribution in [0.1, 0.15) is 17.4 Å². The lowest BCUT2D eigenvalue weighted by Crippen LogP contribution is -2.54. The van der Waals surface area contributed by atoms with Crippen molar-refractivity contribution in [2.45, 2.75) is 26.4 Å². The van der Waals surface area contributed by atoms with E-state index in [1.807, 2.05) is 0 Å². The van der Waals surface area contributed by atoms with Gasteiger partial charge >= 0.3 is 0 Å². The van der Waals surface area contributed by atoms with Crippen LogP contribution in [0.2, 0.25) is 0 Å². The van der Waals surface area contributed by atoms with Crippen LogP contribution >= 0.6 is 11.3 Å². The Morgan fingerprint density at radius 2 is 2.33 bits per heavy atom. The second-order valence-corrected chi connectivity index (χ2v) is 6.65. The number of piperazine rings is 1. The van der Waals surface area contributed by atoms with E-state index in [4.69, 9.17) is 5.11 Å². The minimum absolute atomic E-state index is 0.0882. The SMILES string of the molecule is Cc1ccsc1CNC(=O)CN1CCN(CCO)CC1C. The number of carbonyl (C=O) groups excluding carboxylic acids is 1. The average molecular weight is 311 g/mol. The van der Waals surface area contributed by atoms with Crippen LogP contribution < -0.4 is 5.32 Å². The van der Waals surface area contributed by atoms with Crippen molar-refractivity contribution in [3.63, 3.8) is 0 Å². The molecule has 2 heterocycles. The standard InChI is InChI=1S/C15H25N3O2S/c1-12-3-8-21-14(12)9-16-15(20)11-18-5-4-17(6-7-19)10-13(18)2/h3,8,13,19H,4-7,9-11H2,1-2H3,(H,16,20). The summed E-state index contributed by atoms with van der Waals surface area (Å²) in [6.07, 6.45) is 0. The first-order chi connectivity index (χ1) is 10.1. The molecule has 5 nitrogen and oxygen atoms in total. The second kappa shape index (κ2) is 7.89. The Labute approximate surface area is 130 Å². The number of β-amino-alcohol motifs (C(OH)–C–C–N with tert-alkyl or cyclic N) is 1. The number of nitrogens with one attached hydrogen (secondary N) is 1. The second-order valence-electron chi connectivity index (χ2n) is 5.65. The first-order valence-electron chi connectivity index (χ1n) is 7.47. The molecule has 1 aromatic rings. The molecule has 2 N–H and O–H groups in total. The number of hydrogen-bond donors (Lipinski definition) is 2. The fourth-order valence-corrected chi connectivity index (χ4v) is 3.50. The molecule has 1 aromatic heterocycles. The van der Waals surface area contributed by atoms with Crippen LogP contribution in [-0.4, -0.2) is 66.2 Å². The van der Waals surface area contributed by atoms with Gasteiger partial charge in [0.2, 0.25) is 5.91 Å². The molecule has 1 amide bonds. The maximum Gasteiger partial charge on any atom is 0.234 e. The van der Waals surface area contributed by atoms with Crippen molar-refractivity contribution >= 4 is 17.2 Å². The summed E-state index contributed by atoms with van der Waals surface area (Å²) in [5.41, 5.74) is 1.24. The summed E-state index contributed by atoms with van der Waals surface area (Å²) in [5, 5.41) is 14.0. The summed E-state index contributed by atoms with van der Waals surface area (Å²) >= 11 is 1.69. The van der Waals surface area contributed by atoms with Crippen molar-refractivity contribution in [2.75, 3.05) is 39.3 Å². The maximum atomic E-state index is 12.1. The fraction of sp³-hybridized carbons (Fsp3) is 0.667. The number of amides is 1. The van der Waals surface area contributed by atoms with Crippen molar-refractivity contribution in [1.82, 2.24) is 15.1 Å². The summed E-state index contributed by atoms with van der Waals surface area (Å²) < 4.78 is 0. The molecule has 1 saturated heterocycles. The number of rotatable bonds is 6. The quantitative estimate of drug-likeness (QED) is 0.811. The number of nitrogens with zero attached hydrogens (tertiary/aromatic N) is 2. The number of aliphatic hydroxyl groups is 1. The highest BCUT2D eigenvalue weighted by atomic mass is 32.1. The van der Waals surface area contributed by atoms with Crippen LogP contribution in [0.4, 0.5) is 0 Å². The van der Waals surface area contributed by atoms with Gasteiger partial charge in [0.1, 0.15) is 0 Å². The minimum atomic E-state index is 0.0882. The zero-order valence-corrected chi connectivity index (χ0v) is 13.7. The van der Waals surface area contributed by atoms with Crippen LogP contribution in [0.5, 0.6) is 0 Å². The molecule has 1 aliphatic rings. The van der Waals surface area contributed by atoms with Crippen molar-refractivity contribution in [3.8, 4) is 0 Å². The molecule has 0 radical (unpaired) electrons. The van der Waals surface area contributed by atoms with E-state index in [0.717, 1.165) is 26.2 Å². The predicted molar refractivity (Wildman–Crippen MR) is 85.5 cm³/mol. The molecule has 0 aliphatic carbocycles. The molecule has 21 heavy (non-hydrogen) atoms. The largest absolute Gasteiger partial charge is 0.395 e. The summed E-state index contributed by atoms with van der Waals surface area (Å²) in [6, 6.07) is 2.42. The van der Waals surface area contributed by atoms with E-state index in [2.05, 4.69) is 40.4 Å². The molecule has 6 heteroatoms. The molecule has 0 bridgehead atoms. The van der Waals surface area contributed by atoms with Gasteiger partial charge in [0.05, 0.1) is 19.7 Å². The molecular formula is C15H25N3O2S. The Hall–Kier alpha value is -0.950. The smallest absolute Gasteiger partial charge is 0.234 e. The molecule has 1 fully saturated rings. The van der Waals surface area contributed by atoms with E-state index >= 15 is 0 Å². The summed E-state index contributed by atoms with van der Waals surface area (Å²) in [7, 11) is 0. The predicted octanol–water partition coefficient (Wildman–Crippen LogP) is 0.671. The lowest BCUT2D eigenvalue weighted by Gasteiger charge is -2.39. The fourth-order valence-electron chi connectivity index (χ4n) is 2.65. The van der Waals surface area contributed by atoms with Gasteiger partial charge in [0.25, 0.3) is 0 Å². The highest BCUT2D eigenvalue weighted by Crippen LogP contribution is 2.15. The Morgan fingerprint density at radius 3 is 2.95 bits per heavy atom. The topological polar surface area (TPSA) is 55.8 Å². The zero-order valence-electron chi connectivity index (χ0n) is 12.8. The number of hydrogen-bond acceptors (Lipinski definition) is 5. The van der Waals surface area contributed by atoms with Gasteiger partial charge < -0.3 is 10.4 Å². The molecule has 0 saturated carbocycles. The first kappa shape index (κ1) is 16.4. The number of thiophene rings is 1. The molecule has 0 spiro atoms. The van der Waals surface area contributed by atoms with Crippen molar-refractivity contribution < 1.29 is 9.90 Å². The van der Waals surface area contributed by atoms with E-state index in [9.17, 15) is 4.79 Å². The van der Waals surface area contributed by atoms with Crippen LogP contribution in [-0.2, 0) is 11.3 Å². The van der Waals surface area contributed by atoms with Gasteiger partial charge in [-0.25, -0.2) is 0 Å². The van der Waals surface area contributed by atoms with Gasteiger partial charge in [0.15, 0.2) is 0 Å². The average Bonchev–Trinajstić information content (AvgIpc) is 2.85. The third kappa shape index (κ3) is 4.78. The number of carbonyl (C=O) groups is 1. The Kier molecular flexibility index (Phi) is 6.17. The van der Waals surface area contributed by atoms with E-state index < -0.39 is 0 Å². The zero-order chi connectivity index (χ0) is 15.2. The van der Waals surface area contributed by atoms with Gasteiger partial charge in [-0.15, -0.1) is 11.3 Å². The normalized spacial score (nSPS) is 20.6. The van der Waals surface area contributed by atoms with Gasteiger partial charge in [-0.3, -0.25) is 14.6 Å². The van der Waals surface area contributed by atoms with Crippen LogP contribution in [0.15, 0.2) is 11.4 Å². The molecule has 1 aliphatic heterocycles. The van der Waals surface area contributed by atoms with Gasteiger partial charge in [-0.05, 0) is 30.9 Å². The third-order valence-electron chi connectivity index (χ3n) is 4.03. The first-order valence-corrected chi connectivity index (χ1v) is 8.35. The molecule has 0 aromatic carbocycles. The maximum absolute atomic E-state index is 12.1. The van der Waals surface area contributed by atoms with E-state index in [-0.39, 0.29) is 12.5 Å². The highest BCUT2D eigenvalue weighted by molar-refractivity contribution is 7.10. The summed E-state index contributed by atoms with van der Waals surface area (Å²) in [5.74, 6) is 0.0882. The van der Waals surface area contributed by atoms with E-state index in [1.165, 1.54) is 10.4 Å². The Morgan fingerprint density at radius 1 is 1.52 bits per heavy atom.